The lowest BCUT2D eigenvalue weighted by Gasteiger charge is -2.26. The average Bonchev–Trinajstić information content (AvgIpc) is 2.20. The summed E-state index contributed by atoms with van der Waals surface area (Å²) in [5.41, 5.74) is 0.642. The fourth-order valence-electron chi connectivity index (χ4n) is 1.17. The molecular weight excluding hydrogens is 228 g/mol. The topological polar surface area (TPSA) is 55.2 Å². The molecule has 0 aliphatic rings. The van der Waals surface area contributed by atoms with Gasteiger partial charge in [0.1, 0.15) is 0 Å². The zero-order valence-corrected chi connectivity index (χ0v) is 10.3. The van der Waals surface area contributed by atoms with Gasteiger partial charge in [-0.1, -0.05) is 18.5 Å². The van der Waals surface area contributed by atoms with Crippen LogP contribution in [-0.4, -0.2) is 10.5 Å². The fourth-order valence-corrected chi connectivity index (χ4v) is 1.39. The summed E-state index contributed by atoms with van der Waals surface area (Å²) in [5.74, 6) is 0. The van der Waals surface area contributed by atoms with Gasteiger partial charge in [0.25, 0.3) is 5.69 Å². The SMILES string of the molecule is CCC(C)(C)Nc1ccc([N+](=O)[O-])cc1Cl. The Morgan fingerprint density at radius 1 is 1.50 bits per heavy atom. The lowest BCUT2D eigenvalue weighted by molar-refractivity contribution is -0.384. The van der Waals surface area contributed by atoms with Crippen LogP contribution < -0.4 is 5.32 Å². The highest BCUT2D eigenvalue weighted by Crippen LogP contribution is 2.29. The van der Waals surface area contributed by atoms with Crippen LogP contribution in [0.15, 0.2) is 18.2 Å². The first-order chi connectivity index (χ1) is 7.35. The van der Waals surface area contributed by atoms with Gasteiger partial charge in [-0.3, -0.25) is 10.1 Å². The van der Waals surface area contributed by atoms with Crippen molar-refractivity contribution in [3.63, 3.8) is 0 Å². The molecule has 0 radical (unpaired) electrons. The number of hydrogen-bond donors (Lipinski definition) is 1. The summed E-state index contributed by atoms with van der Waals surface area (Å²) in [4.78, 5) is 10.1. The fraction of sp³-hybridized carbons (Fsp3) is 0.455. The summed E-state index contributed by atoms with van der Waals surface area (Å²) in [7, 11) is 0. The molecule has 0 fully saturated rings. The van der Waals surface area contributed by atoms with E-state index in [4.69, 9.17) is 11.6 Å². The molecule has 0 amide bonds. The standard InChI is InChI=1S/C11H15ClN2O2/c1-4-11(2,3)13-10-6-5-8(14(15)16)7-9(10)12/h5-7,13H,4H2,1-3H3. The second-order valence-corrected chi connectivity index (χ2v) is 4.69. The Morgan fingerprint density at radius 3 is 2.56 bits per heavy atom. The van der Waals surface area contributed by atoms with Crippen molar-refractivity contribution in [3.8, 4) is 0 Å². The van der Waals surface area contributed by atoms with Crippen molar-refractivity contribution in [2.24, 2.45) is 0 Å². The van der Waals surface area contributed by atoms with E-state index in [2.05, 4.69) is 12.2 Å². The van der Waals surface area contributed by atoms with Gasteiger partial charge in [0.15, 0.2) is 0 Å². The minimum absolute atomic E-state index is 0.00449. The molecule has 0 bridgehead atoms. The Morgan fingerprint density at radius 2 is 2.12 bits per heavy atom. The van der Waals surface area contributed by atoms with E-state index in [1.165, 1.54) is 12.1 Å². The first-order valence-corrected chi connectivity index (χ1v) is 5.45. The Labute approximate surface area is 99.8 Å². The second kappa shape index (κ2) is 4.70. The van der Waals surface area contributed by atoms with E-state index in [1.807, 2.05) is 13.8 Å². The summed E-state index contributed by atoms with van der Waals surface area (Å²) >= 11 is 5.97. The summed E-state index contributed by atoms with van der Waals surface area (Å²) < 4.78 is 0. The molecule has 0 aliphatic heterocycles. The molecule has 4 nitrogen and oxygen atoms in total. The number of nitrogens with zero attached hydrogens (tertiary/aromatic N) is 1. The predicted octanol–water partition coefficient (Wildman–Crippen LogP) is 3.85. The molecule has 0 unspecified atom stereocenters. The van der Waals surface area contributed by atoms with Crippen molar-refractivity contribution in [3.05, 3.63) is 33.3 Å². The molecule has 16 heavy (non-hydrogen) atoms. The zero-order chi connectivity index (χ0) is 12.3. The van der Waals surface area contributed by atoms with Crippen LogP contribution in [0.5, 0.6) is 0 Å². The maximum atomic E-state index is 10.5. The highest BCUT2D eigenvalue weighted by atomic mass is 35.5. The van der Waals surface area contributed by atoms with Crippen LogP contribution >= 0.6 is 11.6 Å². The molecule has 0 saturated carbocycles. The van der Waals surface area contributed by atoms with E-state index in [1.54, 1.807) is 6.07 Å². The normalized spacial score (nSPS) is 11.2. The first kappa shape index (κ1) is 12.8. The summed E-state index contributed by atoms with van der Waals surface area (Å²) in [6.07, 6.45) is 0.931. The Kier molecular flexibility index (Phi) is 3.75. The molecule has 1 aromatic rings. The van der Waals surface area contributed by atoms with Gasteiger partial charge in [0, 0.05) is 17.7 Å². The van der Waals surface area contributed by atoms with Gasteiger partial charge in [-0.15, -0.1) is 0 Å². The molecule has 1 N–H and O–H groups in total. The van der Waals surface area contributed by atoms with Crippen LogP contribution in [0.2, 0.25) is 5.02 Å². The number of nitro benzene ring substituents is 1. The number of benzene rings is 1. The summed E-state index contributed by atoms with van der Waals surface area (Å²) in [6.45, 7) is 6.15. The van der Waals surface area contributed by atoms with Crippen LogP contribution in [0.25, 0.3) is 0 Å². The van der Waals surface area contributed by atoms with Crippen LogP contribution in [0.3, 0.4) is 0 Å². The van der Waals surface area contributed by atoms with E-state index < -0.39 is 4.92 Å². The van der Waals surface area contributed by atoms with Crippen molar-refractivity contribution in [1.82, 2.24) is 0 Å². The third-order valence-electron chi connectivity index (χ3n) is 2.52. The van der Waals surface area contributed by atoms with E-state index in [0.29, 0.717) is 5.02 Å². The van der Waals surface area contributed by atoms with E-state index in [0.717, 1.165) is 12.1 Å². The monoisotopic (exact) mass is 242 g/mol. The molecule has 1 rings (SSSR count). The van der Waals surface area contributed by atoms with Gasteiger partial charge < -0.3 is 5.32 Å². The van der Waals surface area contributed by atoms with Gasteiger partial charge in [0.2, 0.25) is 0 Å². The lowest BCUT2D eigenvalue weighted by Crippen LogP contribution is -2.29. The van der Waals surface area contributed by atoms with Gasteiger partial charge in [-0.05, 0) is 26.3 Å². The Balaban J connectivity index is 2.96. The van der Waals surface area contributed by atoms with Gasteiger partial charge in [0.05, 0.1) is 15.6 Å². The Hall–Kier alpha value is -1.29. The van der Waals surface area contributed by atoms with E-state index in [9.17, 15) is 10.1 Å². The van der Waals surface area contributed by atoms with Crippen LogP contribution in [0.4, 0.5) is 11.4 Å². The summed E-state index contributed by atoms with van der Waals surface area (Å²) in [6, 6.07) is 4.44. The number of anilines is 1. The highest BCUT2D eigenvalue weighted by Gasteiger charge is 2.17. The molecule has 5 heteroatoms. The number of rotatable bonds is 4. The number of nitro groups is 1. The maximum absolute atomic E-state index is 10.5. The largest absolute Gasteiger partial charge is 0.379 e. The van der Waals surface area contributed by atoms with E-state index >= 15 is 0 Å². The first-order valence-electron chi connectivity index (χ1n) is 5.08. The van der Waals surface area contributed by atoms with Crippen LogP contribution in [0.1, 0.15) is 27.2 Å². The smallest absolute Gasteiger partial charge is 0.271 e. The average molecular weight is 243 g/mol. The summed E-state index contributed by atoms with van der Waals surface area (Å²) in [5, 5.41) is 14.2. The number of hydrogen-bond acceptors (Lipinski definition) is 3. The quantitative estimate of drug-likeness (QED) is 0.645. The predicted molar refractivity (Wildman–Crippen MR) is 66.1 cm³/mol. The van der Waals surface area contributed by atoms with Crippen molar-refractivity contribution in [1.29, 1.82) is 0 Å². The third kappa shape index (κ3) is 3.10. The maximum Gasteiger partial charge on any atom is 0.271 e. The molecule has 1 aromatic carbocycles. The van der Waals surface area contributed by atoms with Crippen LogP contribution in [0, 0.1) is 10.1 Å². The van der Waals surface area contributed by atoms with Crippen molar-refractivity contribution in [2.45, 2.75) is 32.7 Å². The minimum atomic E-state index is -0.458. The molecule has 88 valence electrons. The minimum Gasteiger partial charge on any atom is -0.379 e. The molecule has 0 aliphatic carbocycles. The third-order valence-corrected chi connectivity index (χ3v) is 2.83. The molecule has 0 heterocycles. The second-order valence-electron chi connectivity index (χ2n) is 4.28. The van der Waals surface area contributed by atoms with Gasteiger partial charge >= 0.3 is 0 Å². The molecular formula is C11H15ClN2O2. The molecule has 0 atom stereocenters. The number of nitrogens with one attached hydrogen (secondary N) is 1. The van der Waals surface area contributed by atoms with Crippen molar-refractivity contribution in [2.75, 3.05) is 5.32 Å². The van der Waals surface area contributed by atoms with E-state index in [-0.39, 0.29) is 11.2 Å². The molecule has 0 spiro atoms. The van der Waals surface area contributed by atoms with Crippen molar-refractivity contribution >= 4 is 23.0 Å². The van der Waals surface area contributed by atoms with Gasteiger partial charge in [-0.25, -0.2) is 0 Å². The number of halogens is 1. The van der Waals surface area contributed by atoms with Crippen LogP contribution in [-0.2, 0) is 0 Å². The van der Waals surface area contributed by atoms with Gasteiger partial charge in [-0.2, -0.15) is 0 Å². The Bertz CT molecular complexity index is 405. The molecule has 0 saturated heterocycles. The zero-order valence-electron chi connectivity index (χ0n) is 9.58. The number of non-ortho nitro benzene ring substituents is 1. The lowest BCUT2D eigenvalue weighted by atomic mass is 10.0. The molecule has 0 aromatic heterocycles. The highest BCUT2D eigenvalue weighted by molar-refractivity contribution is 6.33. The van der Waals surface area contributed by atoms with Crippen molar-refractivity contribution < 1.29 is 4.92 Å².